The highest BCUT2D eigenvalue weighted by molar-refractivity contribution is 5.78. The lowest BCUT2D eigenvalue weighted by atomic mass is 9.93. The molecule has 0 saturated heterocycles. The molecular formula is C13H19N3O2. The van der Waals surface area contributed by atoms with Crippen LogP contribution in [0.5, 0.6) is 0 Å². The molecule has 1 heterocycles. The molecule has 1 amide bonds. The Labute approximate surface area is 107 Å². The maximum atomic E-state index is 12.2. The predicted octanol–water partition coefficient (Wildman–Crippen LogP) is 1.95. The minimum Gasteiger partial charge on any atom is -0.423 e. The average molecular weight is 249 g/mol. The summed E-state index contributed by atoms with van der Waals surface area (Å²) in [6.45, 7) is 2.35. The number of allylic oxidation sites excluding steroid dienone is 2. The van der Waals surface area contributed by atoms with Crippen LogP contribution in [-0.2, 0) is 17.8 Å². The van der Waals surface area contributed by atoms with Gasteiger partial charge in [-0.15, -0.1) is 10.2 Å². The summed E-state index contributed by atoms with van der Waals surface area (Å²) in [6, 6.07) is 0. The van der Waals surface area contributed by atoms with E-state index in [9.17, 15) is 4.79 Å². The average Bonchev–Trinajstić information content (AvgIpc) is 2.86. The van der Waals surface area contributed by atoms with Crippen molar-refractivity contribution in [2.24, 2.45) is 5.92 Å². The molecule has 0 spiro atoms. The maximum Gasteiger partial charge on any atom is 0.235 e. The quantitative estimate of drug-likeness (QED) is 0.765. The third-order valence-electron chi connectivity index (χ3n) is 3.18. The Hall–Kier alpha value is -1.65. The van der Waals surface area contributed by atoms with Gasteiger partial charge in [0.25, 0.3) is 0 Å². The first kappa shape index (κ1) is 12.8. The molecule has 0 saturated carbocycles. The van der Waals surface area contributed by atoms with Gasteiger partial charge in [-0.2, -0.15) is 0 Å². The molecule has 1 atom stereocenters. The Kier molecular flexibility index (Phi) is 4.12. The molecule has 2 rings (SSSR count). The smallest absolute Gasteiger partial charge is 0.235 e. The minimum atomic E-state index is 0.105. The van der Waals surface area contributed by atoms with Gasteiger partial charge in [0.05, 0.1) is 6.54 Å². The monoisotopic (exact) mass is 249 g/mol. The predicted molar refractivity (Wildman–Crippen MR) is 66.6 cm³/mol. The van der Waals surface area contributed by atoms with E-state index in [1.165, 1.54) is 0 Å². The molecule has 0 aliphatic heterocycles. The van der Waals surface area contributed by atoms with E-state index in [0.29, 0.717) is 18.3 Å². The van der Waals surface area contributed by atoms with Crippen molar-refractivity contribution >= 4 is 5.91 Å². The second kappa shape index (κ2) is 5.80. The van der Waals surface area contributed by atoms with Gasteiger partial charge in [-0.1, -0.05) is 19.1 Å². The van der Waals surface area contributed by atoms with Crippen LogP contribution in [0.3, 0.4) is 0 Å². The van der Waals surface area contributed by atoms with Crippen LogP contribution in [0, 0.1) is 5.92 Å². The topological polar surface area (TPSA) is 59.2 Å². The first-order valence-electron chi connectivity index (χ1n) is 6.42. The summed E-state index contributed by atoms with van der Waals surface area (Å²) in [7, 11) is 1.79. The van der Waals surface area contributed by atoms with Crippen LogP contribution >= 0.6 is 0 Å². The molecule has 0 radical (unpaired) electrons. The molecule has 18 heavy (non-hydrogen) atoms. The molecule has 5 heteroatoms. The summed E-state index contributed by atoms with van der Waals surface area (Å²) >= 11 is 0. The number of hydrogen-bond donors (Lipinski definition) is 0. The first-order chi connectivity index (χ1) is 8.70. The normalized spacial score (nSPS) is 18.9. The summed E-state index contributed by atoms with van der Waals surface area (Å²) in [5, 5.41) is 7.82. The number of aryl methyl sites for hydroxylation is 1. The van der Waals surface area contributed by atoms with Crippen LogP contribution in [0.1, 0.15) is 38.0 Å². The molecule has 1 unspecified atom stereocenters. The molecule has 1 aliphatic rings. The number of carbonyl (C=O) groups is 1. The zero-order chi connectivity index (χ0) is 13.0. The number of nitrogens with zero attached hydrogens (tertiary/aromatic N) is 3. The van der Waals surface area contributed by atoms with Crippen LogP contribution in [0.15, 0.2) is 16.6 Å². The first-order valence-corrected chi connectivity index (χ1v) is 6.42. The van der Waals surface area contributed by atoms with Gasteiger partial charge in [-0.05, 0) is 19.3 Å². The molecule has 98 valence electrons. The third-order valence-corrected chi connectivity index (χ3v) is 3.18. The van der Waals surface area contributed by atoms with Gasteiger partial charge in [0, 0.05) is 19.4 Å². The highest BCUT2D eigenvalue weighted by atomic mass is 16.4. The Bertz CT molecular complexity index is 439. The Balaban J connectivity index is 1.92. The molecule has 1 aromatic heterocycles. The van der Waals surface area contributed by atoms with E-state index in [4.69, 9.17) is 4.42 Å². The number of rotatable bonds is 4. The van der Waals surface area contributed by atoms with Crippen LogP contribution in [-0.4, -0.2) is 28.1 Å². The van der Waals surface area contributed by atoms with E-state index in [0.717, 1.165) is 25.7 Å². The van der Waals surface area contributed by atoms with E-state index in [1.807, 2.05) is 6.92 Å². The molecule has 0 fully saturated rings. The van der Waals surface area contributed by atoms with E-state index < -0.39 is 0 Å². The van der Waals surface area contributed by atoms with Crippen molar-refractivity contribution in [1.29, 1.82) is 0 Å². The molecule has 0 bridgehead atoms. The van der Waals surface area contributed by atoms with Crippen LogP contribution < -0.4 is 0 Å². The van der Waals surface area contributed by atoms with Crippen molar-refractivity contribution in [3.63, 3.8) is 0 Å². The fourth-order valence-corrected chi connectivity index (χ4v) is 2.11. The van der Waals surface area contributed by atoms with Crippen molar-refractivity contribution in [2.45, 2.75) is 39.2 Å². The van der Waals surface area contributed by atoms with E-state index in [1.54, 1.807) is 11.9 Å². The molecular weight excluding hydrogens is 230 g/mol. The number of carbonyl (C=O) groups excluding carboxylic acids is 1. The Morgan fingerprint density at radius 3 is 2.83 bits per heavy atom. The highest BCUT2D eigenvalue weighted by Gasteiger charge is 2.23. The highest BCUT2D eigenvalue weighted by Crippen LogP contribution is 2.20. The van der Waals surface area contributed by atoms with Gasteiger partial charge < -0.3 is 9.32 Å². The summed E-state index contributed by atoms with van der Waals surface area (Å²) in [6.07, 6.45) is 7.71. The van der Waals surface area contributed by atoms with Gasteiger partial charge in [0.1, 0.15) is 0 Å². The van der Waals surface area contributed by atoms with Gasteiger partial charge >= 0.3 is 0 Å². The number of aromatic nitrogens is 2. The van der Waals surface area contributed by atoms with Crippen molar-refractivity contribution in [3.05, 3.63) is 23.9 Å². The lowest BCUT2D eigenvalue weighted by Gasteiger charge is -2.23. The van der Waals surface area contributed by atoms with Gasteiger partial charge in [-0.3, -0.25) is 4.79 Å². The second-order valence-electron chi connectivity index (χ2n) is 4.62. The Morgan fingerprint density at radius 2 is 2.22 bits per heavy atom. The zero-order valence-electron chi connectivity index (χ0n) is 10.9. The van der Waals surface area contributed by atoms with Gasteiger partial charge in [-0.25, -0.2) is 0 Å². The van der Waals surface area contributed by atoms with Crippen molar-refractivity contribution in [1.82, 2.24) is 15.1 Å². The van der Waals surface area contributed by atoms with Crippen molar-refractivity contribution in [2.75, 3.05) is 7.05 Å². The third kappa shape index (κ3) is 2.97. The summed E-state index contributed by atoms with van der Waals surface area (Å²) in [5.41, 5.74) is 0. The fraction of sp³-hybridized carbons (Fsp3) is 0.615. The lowest BCUT2D eigenvalue weighted by molar-refractivity contribution is -0.135. The van der Waals surface area contributed by atoms with E-state index in [2.05, 4.69) is 22.3 Å². The van der Waals surface area contributed by atoms with Crippen molar-refractivity contribution in [3.8, 4) is 0 Å². The lowest BCUT2D eigenvalue weighted by Crippen LogP contribution is -2.33. The van der Waals surface area contributed by atoms with Crippen LogP contribution in [0.2, 0.25) is 0 Å². The second-order valence-corrected chi connectivity index (χ2v) is 4.62. The summed E-state index contributed by atoms with van der Waals surface area (Å²) in [4.78, 5) is 13.9. The molecule has 1 aliphatic carbocycles. The summed E-state index contributed by atoms with van der Waals surface area (Å²) < 4.78 is 5.41. The minimum absolute atomic E-state index is 0.105. The summed E-state index contributed by atoms with van der Waals surface area (Å²) in [5.74, 6) is 1.39. The largest absolute Gasteiger partial charge is 0.423 e. The van der Waals surface area contributed by atoms with Gasteiger partial charge in [0.2, 0.25) is 17.7 Å². The number of hydrogen-bond acceptors (Lipinski definition) is 4. The molecule has 1 aromatic rings. The fourth-order valence-electron chi connectivity index (χ4n) is 2.11. The van der Waals surface area contributed by atoms with Gasteiger partial charge in [0.15, 0.2) is 0 Å². The van der Waals surface area contributed by atoms with E-state index >= 15 is 0 Å². The number of amides is 1. The Morgan fingerprint density at radius 1 is 1.44 bits per heavy atom. The SMILES string of the molecule is CCc1nnc(CN(C)C(=O)C2CC=CCC2)o1. The van der Waals surface area contributed by atoms with E-state index in [-0.39, 0.29) is 11.8 Å². The molecule has 0 N–H and O–H groups in total. The zero-order valence-corrected chi connectivity index (χ0v) is 10.9. The van der Waals surface area contributed by atoms with Crippen LogP contribution in [0.4, 0.5) is 0 Å². The maximum absolute atomic E-state index is 12.2. The van der Waals surface area contributed by atoms with Crippen LogP contribution in [0.25, 0.3) is 0 Å². The van der Waals surface area contributed by atoms with Crippen molar-refractivity contribution < 1.29 is 9.21 Å². The molecule has 5 nitrogen and oxygen atoms in total. The standard InChI is InChI=1S/C13H19N3O2/c1-3-11-14-15-12(18-11)9-16(2)13(17)10-7-5-4-6-8-10/h4-5,10H,3,6-9H2,1-2H3. The molecule has 0 aromatic carbocycles.